The highest BCUT2D eigenvalue weighted by Gasteiger charge is 2.24. The summed E-state index contributed by atoms with van der Waals surface area (Å²) in [5.74, 6) is -0.0527. The maximum Gasteiger partial charge on any atom is 0.159 e. The van der Waals surface area contributed by atoms with E-state index in [2.05, 4.69) is 79.1 Å². The molecule has 5 rings (SSSR count). The lowest BCUT2D eigenvalue weighted by atomic mass is 9.88. The van der Waals surface area contributed by atoms with Gasteiger partial charge in [-0.25, -0.2) is 0 Å². The lowest BCUT2D eigenvalue weighted by Gasteiger charge is -2.16. The molecule has 0 spiro atoms. The molecule has 3 heterocycles. The molecule has 0 radical (unpaired) electrons. The van der Waals surface area contributed by atoms with Gasteiger partial charge in [-0.15, -0.1) is 22.7 Å². The first-order valence-corrected chi connectivity index (χ1v) is 18.6. The van der Waals surface area contributed by atoms with Gasteiger partial charge in [0.1, 0.15) is 5.78 Å². The first-order chi connectivity index (χ1) is 21.7. The molecule has 45 heavy (non-hydrogen) atoms. The summed E-state index contributed by atoms with van der Waals surface area (Å²) < 4.78 is 2.12. The topological polar surface area (TPSA) is 39.1 Å². The Balaban J connectivity index is 1.50. The molecule has 238 valence electrons. The van der Waals surface area contributed by atoms with Crippen LogP contribution in [0, 0.1) is 5.41 Å². The van der Waals surface area contributed by atoms with E-state index >= 15 is 0 Å². The highest BCUT2D eigenvalue weighted by molar-refractivity contribution is 7.15. The summed E-state index contributed by atoms with van der Waals surface area (Å²) in [6, 6.07) is 22.5. The van der Waals surface area contributed by atoms with E-state index in [0.717, 1.165) is 34.6 Å². The van der Waals surface area contributed by atoms with E-state index in [9.17, 15) is 9.59 Å². The number of ketones is 2. The number of hydrogen-bond acceptors (Lipinski definition) is 4. The van der Waals surface area contributed by atoms with Crippen LogP contribution in [0.2, 0.25) is 0 Å². The van der Waals surface area contributed by atoms with Gasteiger partial charge >= 0.3 is 0 Å². The number of benzene rings is 2. The molecule has 0 N–H and O–H groups in total. The molecule has 2 aromatic carbocycles. The normalized spacial score (nSPS) is 12.0. The van der Waals surface area contributed by atoms with Crippen LogP contribution in [0.15, 0.2) is 60.7 Å². The van der Waals surface area contributed by atoms with Crippen LogP contribution in [0.25, 0.3) is 42.7 Å². The van der Waals surface area contributed by atoms with Crippen LogP contribution in [-0.2, 0) is 29.0 Å². The van der Waals surface area contributed by atoms with Crippen LogP contribution in [0.1, 0.15) is 102 Å². The summed E-state index contributed by atoms with van der Waals surface area (Å²) in [4.78, 5) is 31.4. The molecule has 0 aliphatic heterocycles. The Morgan fingerprint density at radius 2 is 1.13 bits per heavy atom. The number of aryl methyl sites for hydroxylation is 2. The van der Waals surface area contributed by atoms with Crippen LogP contribution >= 0.6 is 22.7 Å². The Hall–Kier alpha value is -3.02. The average molecular weight is 640 g/mol. The first-order valence-electron chi connectivity index (χ1n) is 17.0. The summed E-state index contributed by atoms with van der Waals surface area (Å²) in [5, 5.41) is 2.32. The van der Waals surface area contributed by atoms with Gasteiger partial charge in [-0.2, -0.15) is 0 Å². The van der Waals surface area contributed by atoms with Gasteiger partial charge < -0.3 is 4.57 Å². The van der Waals surface area contributed by atoms with Gasteiger partial charge in [0.25, 0.3) is 0 Å². The van der Waals surface area contributed by atoms with Gasteiger partial charge in [0, 0.05) is 46.7 Å². The lowest BCUT2D eigenvalue weighted by Crippen LogP contribution is -2.24. The number of aromatic nitrogens is 1. The molecule has 5 aromatic rings. The van der Waals surface area contributed by atoms with Gasteiger partial charge in [0.2, 0.25) is 0 Å². The van der Waals surface area contributed by atoms with E-state index in [0.29, 0.717) is 0 Å². The maximum absolute atomic E-state index is 13.3. The van der Waals surface area contributed by atoms with Crippen molar-refractivity contribution in [2.45, 2.75) is 112 Å². The predicted octanol–water partition coefficient (Wildman–Crippen LogP) is 12.1. The fraction of sp³-hybridized carbons (Fsp3) is 0.450. The number of hydrogen-bond donors (Lipinski definition) is 0. The molecule has 3 aromatic heterocycles. The van der Waals surface area contributed by atoms with Gasteiger partial charge in [-0.05, 0) is 85.3 Å². The highest BCUT2D eigenvalue weighted by Crippen LogP contribution is 2.38. The van der Waals surface area contributed by atoms with Gasteiger partial charge in [0.05, 0.1) is 13.0 Å². The van der Waals surface area contributed by atoms with Crippen molar-refractivity contribution >= 4 is 56.0 Å². The summed E-state index contributed by atoms with van der Waals surface area (Å²) in [5.41, 5.74) is 4.00. The number of fused-ring (bicyclic) bond motifs is 3. The molecule has 0 aliphatic carbocycles. The van der Waals surface area contributed by atoms with Crippen molar-refractivity contribution < 1.29 is 9.59 Å². The maximum atomic E-state index is 13.3. The van der Waals surface area contributed by atoms with Crippen molar-refractivity contribution in [3.05, 3.63) is 70.4 Å². The Morgan fingerprint density at radius 3 is 1.58 bits per heavy atom. The minimum atomic E-state index is -0.522. The van der Waals surface area contributed by atoms with Gasteiger partial charge in [-0.1, -0.05) is 85.3 Å². The molecule has 5 heteroatoms. The SMILES string of the molecule is CCCCCCc1ccc(-c2ccc3c(c2)c2cc(-c4ccc(CCCCCC)s4)ccc2n3CC(=O)CC(=O)C(C)(C)C)s1. The van der Waals surface area contributed by atoms with E-state index in [1.54, 1.807) is 0 Å². The minimum Gasteiger partial charge on any atom is -0.333 e. The largest absolute Gasteiger partial charge is 0.333 e. The Morgan fingerprint density at radius 1 is 0.644 bits per heavy atom. The molecular formula is C40H49NO2S2. The first kappa shape index (κ1) is 33.3. The highest BCUT2D eigenvalue weighted by atomic mass is 32.1. The standard InChI is InChI=1S/C40H49NO2S2/c1-6-8-10-12-14-31-18-22-37(44-31)28-16-20-35-33(24-28)34-25-29(38-23-19-32(45-38)15-13-11-9-7-2)17-21-36(34)41(35)27-30(42)26-39(43)40(3,4)5/h16-25H,6-15,26-27H2,1-5H3. The second kappa shape index (κ2) is 15.0. The zero-order valence-corrected chi connectivity index (χ0v) is 29.5. The van der Waals surface area contributed by atoms with E-state index < -0.39 is 5.41 Å². The van der Waals surface area contributed by atoms with Crippen LogP contribution < -0.4 is 0 Å². The number of nitrogens with zero attached hydrogens (tertiary/aromatic N) is 1. The number of unbranched alkanes of at least 4 members (excludes halogenated alkanes) is 6. The number of Topliss-reactive ketones (excluding diaryl/α,β-unsaturated/α-hetero) is 2. The summed E-state index contributed by atoms with van der Waals surface area (Å²) in [7, 11) is 0. The molecule has 0 unspecified atom stereocenters. The van der Waals surface area contributed by atoms with Crippen LogP contribution in [0.5, 0.6) is 0 Å². The van der Waals surface area contributed by atoms with Crippen molar-refractivity contribution in [1.82, 2.24) is 4.57 Å². The number of carbonyl (C=O) groups excluding carboxylic acids is 2. The molecule has 0 atom stereocenters. The zero-order valence-electron chi connectivity index (χ0n) is 27.8. The van der Waals surface area contributed by atoms with Crippen LogP contribution in [0.4, 0.5) is 0 Å². The third kappa shape index (κ3) is 8.23. The van der Waals surface area contributed by atoms with Crippen LogP contribution in [0.3, 0.4) is 0 Å². The Bertz CT molecular complexity index is 1650. The molecule has 0 saturated heterocycles. The smallest absolute Gasteiger partial charge is 0.159 e. The zero-order chi connectivity index (χ0) is 32.0. The monoisotopic (exact) mass is 639 g/mol. The minimum absolute atomic E-state index is 0.00997. The second-order valence-electron chi connectivity index (χ2n) is 13.6. The lowest BCUT2D eigenvalue weighted by molar-refractivity contribution is -0.131. The third-order valence-corrected chi connectivity index (χ3v) is 11.2. The fourth-order valence-corrected chi connectivity index (χ4v) is 8.14. The van der Waals surface area contributed by atoms with Crippen molar-refractivity contribution in [2.24, 2.45) is 5.41 Å². The van der Waals surface area contributed by atoms with E-state index in [4.69, 9.17) is 0 Å². The van der Waals surface area contributed by atoms with Crippen molar-refractivity contribution in [3.63, 3.8) is 0 Å². The number of carbonyl (C=O) groups is 2. The predicted molar refractivity (Wildman–Crippen MR) is 196 cm³/mol. The number of rotatable bonds is 16. The quantitative estimate of drug-likeness (QED) is 0.0796. The summed E-state index contributed by atoms with van der Waals surface area (Å²) in [6.45, 7) is 10.4. The molecule has 0 bridgehead atoms. The Labute approximate surface area is 277 Å². The van der Waals surface area contributed by atoms with Crippen LogP contribution in [-0.4, -0.2) is 16.1 Å². The van der Waals surface area contributed by atoms with Crippen molar-refractivity contribution in [2.75, 3.05) is 0 Å². The molecule has 3 nitrogen and oxygen atoms in total. The Kier molecular flexibility index (Phi) is 11.1. The molecule has 0 amide bonds. The average Bonchev–Trinajstić information content (AvgIpc) is 3.75. The van der Waals surface area contributed by atoms with E-state index in [1.165, 1.54) is 82.0 Å². The molecule has 0 saturated carbocycles. The van der Waals surface area contributed by atoms with E-state index in [1.807, 2.05) is 43.4 Å². The van der Waals surface area contributed by atoms with Gasteiger partial charge in [0.15, 0.2) is 5.78 Å². The third-order valence-electron chi connectivity index (χ3n) is 8.84. The second-order valence-corrected chi connectivity index (χ2v) is 15.9. The van der Waals surface area contributed by atoms with E-state index in [-0.39, 0.29) is 24.5 Å². The summed E-state index contributed by atoms with van der Waals surface area (Å²) in [6.07, 6.45) is 12.5. The number of thiophene rings is 2. The molecule has 0 aliphatic rings. The molecule has 0 fully saturated rings. The van der Waals surface area contributed by atoms with Gasteiger partial charge in [-0.3, -0.25) is 9.59 Å². The fourth-order valence-electron chi connectivity index (χ4n) is 6.04. The summed E-state index contributed by atoms with van der Waals surface area (Å²) >= 11 is 3.80. The van der Waals surface area contributed by atoms with Crippen molar-refractivity contribution in [1.29, 1.82) is 0 Å². The molecular weight excluding hydrogens is 591 g/mol. The van der Waals surface area contributed by atoms with Crippen molar-refractivity contribution in [3.8, 4) is 20.9 Å².